The maximum absolute atomic E-state index is 12.3. The molecule has 5 heteroatoms. The molecule has 0 bridgehead atoms. The van der Waals surface area contributed by atoms with Crippen LogP contribution in [0.5, 0.6) is 5.75 Å². The number of carbonyl (C=O) groups excluding carboxylic acids is 1. The summed E-state index contributed by atoms with van der Waals surface area (Å²) < 4.78 is 0. The third-order valence-corrected chi connectivity index (χ3v) is 4.97. The first-order chi connectivity index (χ1) is 8.77. The van der Waals surface area contributed by atoms with Gasteiger partial charge in [-0.25, -0.2) is 0 Å². The summed E-state index contributed by atoms with van der Waals surface area (Å²) in [6, 6.07) is 6.50. The van der Waals surface area contributed by atoms with Gasteiger partial charge in [-0.1, -0.05) is 0 Å². The minimum Gasteiger partial charge on any atom is -0.508 e. The minimum atomic E-state index is 0.0677. The van der Waals surface area contributed by atoms with E-state index in [1.807, 2.05) is 28.4 Å². The predicted octanol–water partition coefficient (Wildman–Crippen LogP) is 2.31. The Morgan fingerprint density at radius 1 is 1.00 bits per heavy atom. The number of amides is 1. The molecule has 1 aliphatic rings. The van der Waals surface area contributed by atoms with Crippen molar-refractivity contribution in [3.63, 3.8) is 0 Å². The van der Waals surface area contributed by atoms with Crippen LogP contribution in [0.1, 0.15) is 10.4 Å². The maximum Gasteiger partial charge on any atom is 0.253 e. The number of benzene rings is 1. The third kappa shape index (κ3) is 3.85. The van der Waals surface area contributed by atoms with Crippen LogP contribution < -0.4 is 0 Å². The quantitative estimate of drug-likeness (QED) is 0.858. The van der Waals surface area contributed by atoms with Crippen LogP contribution in [0.3, 0.4) is 0 Å². The summed E-state index contributed by atoms with van der Waals surface area (Å²) in [7, 11) is 0. The van der Waals surface area contributed by atoms with Crippen molar-refractivity contribution in [2.24, 2.45) is 0 Å². The molecule has 0 unspecified atom stereocenters. The summed E-state index contributed by atoms with van der Waals surface area (Å²) in [5.41, 5.74) is 0.655. The highest BCUT2D eigenvalue weighted by Crippen LogP contribution is 2.15. The van der Waals surface area contributed by atoms with Gasteiger partial charge in [0.2, 0.25) is 0 Å². The molecule has 0 saturated carbocycles. The molecule has 1 heterocycles. The number of thioether (sulfide) groups is 2. The maximum atomic E-state index is 12.3. The molecule has 98 valence electrons. The molecule has 2 rings (SSSR count). The molecule has 1 fully saturated rings. The molecule has 18 heavy (non-hydrogen) atoms. The number of phenols is 1. The molecule has 0 aliphatic carbocycles. The van der Waals surface area contributed by atoms with Gasteiger partial charge in [-0.3, -0.25) is 4.79 Å². The van der Waals surface area contributed by atoms with E-state index in [1.54, 1.807) is 24.3 Å². The van der Waals surface area contributed by atoms with Crippen LogP contribution in [0, 0.1) is 0 Å². The monoisotopic (exact) mass is 283 g/mol. The summed E-state index contributed by atoms with van der Waals surface area (Å²) in [5.74, 6) is 4.62. The lowest BCUT2D eigenvalue weighted by atomic mass is 10.2. The van der Waals surface area contributed by atoms with Gasteiger partial charge in [0.15, 0.2) is 0 Å². The molecule has 1 aromatic carbocycles. The fraction of sp³-hybridized carbons (Fsp3) is 0.462. The summed E-state index contributed by atoms with van der Waals surface area (Å²) >= 11 is 3.81. The smallest absolute Gasteiger partial charge is 0.253 e. The van der Waals surface area contributed by atoms with E-state index in [-0.39, 0.29) is 11.7 Å². The molecular weight excluding hydrogens is 266 g/mol. The van der Waals surface area contributed by atoms with Crippen molar-refractivity contribution in [1.29, 1.82) is 0 Å². The molecule has 0 spiro atoms. The second kappa shape index (κ2) is 6.95. The van der Waals surface area contributed by atoms with E-state index in [0.29, 0.717) is 5.56 Å². The minimum absolute atomic E-state index is 0.0677. The lowest BCUT2D eigenvalue weighted by Crippen LogP contribution is -2.34. The van der Waals surface area contributed by atoms with E-state index in [9.17, 15) is 9.90 Å². The Morgan fingerprint density at radius 2 is 1.56 bits per heavy atom. The number of rotatable bonds is 1. The van der Waals surface area contributed by atoms with E-state index in [1.165, 1.54) is 11.5 Å². The molecule has 3 nitrogen and oxygen atoms in total. The van der Waals surface area contributed by atoms with E-state index >= 15 is 0 Å². The van der Waals surface area contributed by atoms with Crippen molar-refractivity contribution in [1.82, 2.24) is 4.90 Å². The first kappa shape index (κ1) is 13.6. The summed E-state index contributed by atoms with van der Waals surface area (Å²) in [6.45, 7) is 1.62. The lowest BCUT2D eigenvalue weighted by molar-refractivity contribution is 0.0776. The average molecular weight is 283 g/mol. The predicted molar refractivity (Wildman–Crippen MR) is 78.7 cm³/mol. The zero-order chi connectivity index (χ0) is 12.8. The van der Waals surface area contributed by atoms with Gasteiger partial charge in [-0.2, -0.15) is 23.5 Å². The second-order valence-corrected chi connectivity index (χ2v) is 6.51. The summed E-state index contributed by atoms with van der Waals surface area (Å²) in [4.78, 5) is 14.2. The van der Waals surface area contributed by atoms with Crippen molar-refractivity contribution in [3.05, 3.63) is 29.8 Å². The van der Waals surface area contributed by atoms with E-state index in [0.717, 1.165) is 24.6 Å². The first-order valence-corrected chi connectivity index (χ1v) is 8.32. The van der Waals surface area contributed by atoms with Crippen LogP contribution in [0.4, 0.5) is 0 Å². The van der Waals surface area contributed by atoms with Crippen LogP contribution in [-0.4, -0.2) is 52.0 Å². The van der Waals surface area contributed by atoms with Crippen molar-refractivity contribution >= 4 is 29.4 Å². The van der Waals surface area contributed by atoms with E-state index < -0.39 is 0 Å². The Labute approximate surface area is 116 Å². The van der Waals surface area contributed by atoms with E-state index in [2.05, 4.69) is 0 Å². The van der Waals surface area contributed by atoms with Crippen molar-refractivity contribution in [2.75, 3.05) is 36.1 Å². The molecule has 0 atom stereocenters. The van der Waals surface area contributed by atoms with Gasteiger partial charge >= 0.3 is 0 Å². The zero-order valence-corrected chi connectivity index (χ0v) is 11.8. The van der Waals surface area contributed by atoms with Crippen LogP contribution in [0.25, 0.3) is 0 Å². The first-order valence-electron chi connectivity index (χ1n) is 6.01. The summed E-state index contributed by atoms with van der Waals surface area (Å²) in [6.07, 6.45) is 0. The molecular formula is C13H17NO2S2. The Hall–Kier alpha value is -0.810. The molecule has 1 N–H and O–H groups in total. The molecule has 1 aromatic rings. The summed E-state index contributed by atoms with van der Waals surface area (Å²) in [5, 5.41) is 9.24. The van der Waals surface area contributed by atoms with Gasteiger partial charge in [0.1, 0.15) is 5.75 Å². The number of hydrogen-bond donors (Lipinski definition) is 1. The Morgan fingerprint density at radius 3 is 2.11 bits per heavy atom. The van der Waals surface area contributed by atoms with Crippen LogP contribution >= 0.6 is 23.5 Å². The standard InChI is InChI=1S/C13H17NO2S2/c15-12-3-1-11(2-4-12)13(16)14-5-7-17-9-10-18-8-6-14/h1-4,15H,5-10H2. The van der Waals surface area contributed by atoms with E-state index in [4.69, 9.17) is 0 Å². The largest absolute Gasteiger partial charge is 0.508 e. The third-order valence-electron chi connectivity index (χ3n) is 2.78. The highest BCUT2D eigenvalue weighted by Gasteiger charge is 2.16. The topological polar surface area (TPSA) is 40.5 Å². The number of nitrogens with zero attached hydrogens (tertiary/aromatic N) is 1. The molecule has 1 aliphatic heterocycles. The number of hydrogen-bond acceptors (Lipinski definition) is 4. The molecule has 0 radical (unpaired) electrons. The molecule has 0 aromatic heterocycles. The highest BCUT2D eigenvalue weighted by atomic mass is 32.2. The Bertz CT molecular complexity index is 384. The fourth-order valence-corrected chi connectivity index (χ4v) is 3.82. The van der Waals surface area contributed by atoms with Gasteiger partial charge in [0, 0.05) is 41.7 Å². The fourth-order valence-electron chi connectivity index (χ4n) is 1.77. The van der Waals surface area contributed by atoms with Gasteiger partial charge < -0.3 is 10.0 Å². The Kier molecular flexibility index (Phi) is 5.26. The molecule has 1 amide bonds. The SMILES string of the molecule is O=C(c1ccc(O)cc1)N1CCSCCSCC1. The van der Waals surface area contributed by atoms with Crippen LogP contribution in [-0.2, 0) is 0 Å². The van der Waals surface area contributed by atoms with Crippen molar-refractivity contribution in [3.8, 4) is 5.75 Å². The van der Waals surface area contributed by atoms with Gasteiger partial charge in [-0.15, -0.1) is 0 Å². The zero-order valence-electron chi connectivity index (χ0n) is 10.2. The lowest BCUT2D eigenvalue weighted by Gasteiger charge is -2.21. The number of carbonyl (C=O) groups is 1. The van der Waals surface area contributed by atoms with Gasteiger partial charge in [0.05, 0.1) is 0 Å². The van der Waals surface area contributed by atoms with Crippen molar-refractivity contribution in [2.45, 2.75) is 0 Å². The average Bonchev–Trinajstić information content (AvgIpc) is 2.52. The molecule has 1 saturated heterocycles. The van der Waals surface area contributed by atoms with Crippen molar-refractivity contribution < 1.29 is 9.90 Å². The second-order valence-electron chi connectivity index (χ2n) is 4.06. The number of aromatic hydroxyl groups is 1. The van der Waals surface area contributed by atoms with Gasteiger partial charge in [-0.05, 0) is 24.3 Å². The number of phenolic OH excluding ortho intramolecular Hbond substituents is 1. The Balaban J connectivity index is 2.03. The van der Waals surface area contributed by atoms with Crippen LogP contribution in [0.15, 0.2) is 24.3 Å². The van der Waals surface area contributed by atoms with Crippen LogP contribution in [0.2, 0.25) is 0 Å². The normalized spacial score (nSPS) is 17.7. The van der Waals surface area contributed by atoms with Gasteiger partial charge in [0.25, 0.3) is 5.91 Å². The highest BCUT2D eigenvalue weighted by molar-refractivity contribution is 8.02.